The monoisotopic (exact) mass is 417 g/mol. The molecule has 0 bridgehead atoms. The van der Waals surface area contributed by atoms with E-state index in [9.17, 15) is 16.8 Å². The number of hydrogen-bond donors (Lipinski definition) is 3. The number of halogens is 2. The molecule has 0 amide bonds. The van der Waals surface area contributed by atoms with Gasteiger partial charge in [0.25, 0.3) is 0 Å². The zero-order valence-electron chi connectivity index (χ0n) is 11.5. The second-order valence-electron chi connectivity index (χ2n) is 4.67. The minimum Gasteiger partial charge on any atom is -0.367 e. The predicted octanol–water partition coefficient (Wildman–Crippen LogP) is 1.50. The molecule has 2 rings (SSSR count). The average Bonchev–Trinajstić information content (AvgIpc) is 2.34. The summed E-state index contributed by atoms with van der Waals surface area (Å²) in [4.78, 5) is -0.676. The SMILES string of the molecule is C=C(Cl)CSCC1Nc2cc(Cl)c(S(N)(=O)=O)cc2S(=O)(=O)N1. The molecule has 1 atom stereocenters. The smallest absolute Gasteiger partial charge is 0.244 e. The standard InChI is InChI=1S/C11H13Cl2N3O4S3/c1-6(12)4-21-5-11-15-8-2-7(13)9(22(14,17)18)3-10(8)23(19,20)16-11/h2-3,11,15-16H,1,4-5H2,(H2,14,17,18). The molecule has 1 aliphatic heterocycles. The Morgan fingerprint density at radius 2 is 2.09 bits per heavy atom. The Morgan fingerprint density at radius 3 is 2.65 bits per heavy atom. The predicted molar refractivity (Wildman–Crippen MR) is 92.9 cm³/mol. The summed E-state index contributed by atoms with van der Waals surface area (Å²) >= 11 is 12.9. The molecule has 0 aliphatic carbocycles. The fourth-order valence-corrected chi connectivity index (χ4v) is 5.50. The van der Waals surface area contributed by atoms with Crippen molar-refractivity contribution in [2.24, 2.45) is 5.14 Å². The molecule has 12 heteroatoms. The summed E-state index contributed by atoms with van der Waals surface area (Å²) in [5.41, 5.74) is 0.205. The van der Waals surface area contributed by atoms with E-state index in [-0.39, 0.29) is 15.6 Å². The molecule has 23 heavy (non-hydrogen) atoms. The molecule has 0 aromatic heterocycles. The normalized spacial score (nSPS) is 19.7. The van der Waals surface area contributed by atoms with Crippen LogP contribution in [0.2, 0.25) is 5.02 Å². The lowest BCUT2D eigenvalue weighted by atomic mass is 10.3. The Morgan fingerprint density at radius 1 is 1.43 bits per heavy atom. The largest absolute Gasteiger partial charge is 0.367 e. The fourth-order valence-electron chi connectivity index (χ4n) is 1.92. The molecule has 0 spiro atoms. The van der Waals surface area contributed by atoms with Crippen molar-refractivity contribution in [1.29, 1.82) is 0 Å². The van der Waals surface area contributed by atoms with Crippen LogP contribution in [-0.4, -0.2) is 34.5 Å². The molecule has 0 saturated heterocycles. The highest BCUT2D eigenvalue weighted by molar-refractivity contribution is 7.99. The van der Waals surface area contributed by atoms with Crippen LogP contribution in [0.4, 0.5) is 5.69 Å². The molecular weight excluding hydrogens is 405 g/mol. The maximum atomic E-state index is 12.3. The van der Waals surface area contributed by atoms with E-state index < -0.39 is 31.1 Å². The second kappa shape index (κ2) is 6.79. The number of thioether (sulfide) groups is 1. The van der Waals surface area contributed by atoms with E-state index in [1.54, 1.807) is 0 Å². The Kier molecular flexibility index (Phi) is 5.56. The number of nitrogens with one attached hydrogen (secondary N) is 2. The van der Waals surface area contributed by atoms with Crippen LogP contribution in [0.15, 0.2) is 33.5 Å². The molecule has 1 aliphatic rings. The number of anilines is 1. The Hall–Kier alpha value is -0.490. The molecule has 1 heterocycles. The summed E-state index contributed by atoms with van der Waals surface area (Å²) in [5.74, 6) is 0.860. The first-order valence-electron chi connectivity index (χ1n) is 6.07. The molecule has 1 unspecified atom stereocenters. The van der Waals surface area contributed by atoms with Crippen LogP contribution < -0.4 is 15.2 Å². The van der Waals surface area contributed by atoms with Crippen molar-refractivity contribution in [2.75, 3.05) is 16.8 Å². The van der Waals surface area contributed by atoms with Gasteiger partial charge in [-0.25, -0.2) is 22.0 Å². The van der Waals surface area contributed by atoms with Gasteiger partial charge >= 0.3 is 0 Å². The summed E-state index contributed by atoms with van der Waals surface area (Å²) in [6, 6.07) is 2.17. The van der Waals surface area contributed by atoms with Crippen molar-refractivity contribution >= 4 is 60.7 Å². The van der Waals surface area contributed by atoms with Gasteiger partial charge in [-0.3, -0.25) is 0 Å². The van der Waals surface area contributed by atoms with Gasteiger partial charge in [0, 0.05) is 16.5 Å². The number of primary sulfonamides is 1. The van der Waals surface area contributed by atoms with Crippen molar-refractivity contribution in [3.05, 3.63) is 28.8 Å². The highest BCUT2D eigenvalue weighted by atomic mass is 35.5. The van der Waals surface area contributed by atoms with E-state index in [0.717, 1.165) is 6.07 Å². The third-order valence-corrected chi connectivity index (χ3v) is 7.10. The van der Waals surface area contributed by atoms with Gasteiger partial charge in [0.2, 0.25) is 20.0 Å². The first-order chi connectivity index (χ1) is 10.5. The van der Waals surface area contributed by atoms with E-state index in [1.807, 2.05) is 0 Å². The summed E-state index contributed by atoms with van der Waals surface area (Å²) in [6.07, 6.45) is -0.593. The van der Waals surface area contributed by atoms with Crippen LogP contribution in [0, 0.1) is 0 Å². The summed E-state index contributed by atoms with van der Waals surface area (Å²) < 4.78 is 49.9. The molecule has 0 radical (unpaired) electrons. The molecule has 1 aromatic rings. The summed E-state index contributed by atoms with van der Waals surface area (Å²) in [7, 11) is -8.04. The van der Waals surface area contributed by atoms with Gasteiger partial charge in [0.15, 0.2) is 0 Å². The molecule has 128 valence electrons. The minimum atomic E-state index is -4.13. The van der Waals surface area contributed by atoms with E-state index in [1.165, 1.54) is 17.8 Å². The quantitative estimate of drug-likeness (QED) is 0.667. The van der Waals surface area contributed by atoms with Crippen molar-refractivity contribution < 1.29 is 16.8 Å². The van der Waals surface area contributed by atoms with E-state index in [4.69, 9.17) is 28.3 Å². The van der Waals surface area contributed by atoms with Crippen molar-refractivity contribution in [2.45, 2.75) is 16.0 Å². The van der Waals surface area contributed by atoms with Crippen LogP contribution in [0.3, 0.4) is 0 Å². The van der Waals surface area contributed by atoms with Crippen molar-refractivity contribution in [3.63, 3.8) is 0 Å². The van der Waals surface area contributed by atoms with Crippen molar-refractivity contribution in [3.8, 4) is 0 Å². The van der Waals surface area contributed by atoms with E-state index in [0.29, 0.717) is 16.5 Å². The van der Waals surface area contributed by atoms with Crippen molar-refractivity contribution in [1.82, 2.24) is 4.72 Å². The zero-order chi connectivity index (χ0) is 17.4. The lowest BCUT2D eigenvalue weighted by Crippen LogP contribution is -2.46. The van der Waals surface area contributed by atoms with Crippen LogP contribution >= 0.6 is 35.0 Å². The average molecular weight is 418 g/mol. The van der Waals surface area contributed by atoms with Crippen LogP contribution in [0.1, 0.15) is 0 Å². The zero-order valence-corrected chi connectivity index (χ0v) is 15.5. The highest BCUT2D eigenvalue weighted by Gasteiger charge is 2.31. The number of rotatable bonds is 5. The summed E-state index contributed by atoms with van der Waals surface area (Å²) in [6.45, 7) is 3.55. The lowest BCUT2D eigenvalue weighted by Gasteiger charge is -2.28. The number of benzene rings is 1. The molecule has 7 nitrogen and oxygen atoms in total. The third kappa shape index (κ3) is 4.53. The van der Waals surface area contributed by atoms with E-state index in [2.05, 4.69) is 16.6 Å². The molecule has 0 saturated carbocycles. The molecule has 1 aromatic carbocycles. The first-order valence-corrected chi connectivity index (χ1v) is 11.0. The van der Waals surface area contributed by atoms with Crippen LogP contribution in [0.5, 0.6) is 0 Å². The summed E-state index contributed by atoms with van der Waals surface area (Å²) in [5, 5.41) is 8.27. The number of hydrogen-bond acceptors (Lipinski definition) is 6. The van der Waals surface area contributed by atoms with Gasteiger partial charge in [0.05, 0.1) is 16.9 Å². The van der Waals surface area contributed by atoms with Gasteiger partial charge in [-0.05, 0) is 12.1 Å². The van der Waals surface area contributed by atoms with E-state index >= 15 is 0 Å². The Labute approximate surface area is 148 Å². The Balaban J connectivity index is 2.35. The molecular formula is C11H13Cl2N3O4S3. The van der Waals surface area contributed by atoms with Crippen LogP contribution in [0.25, 0.3) is 0 Å². The Bertz CT molecular complexity index is 856. The second-order valence-corrected chi connectivity index (χ2v) is 9.86. The highest BCUT2D eigenvalue weighted by Crippen LogP contribution is 2.34. The number of fused-ring (bicyclic) bond motifs is 1. The van der Waals surface area contributed by atoms with Gasteiger partial charge < -0.3 is 5.32 Å². The van der Waals surface area contributed by atoms with Gasteiger partial charge in [0.1, 0.15) is 9.79 Å². The molecule has 0 fully saturated rings. The lowest BCUT2D eigenvalue weighted by molar-refractivity contribution is 0.566. The fraction of sp³-hybridized carbons (Fsp3) is 0.273. The maximum absolute atomic E-state index is 12.3. The molecule has 4 N–H and O–H groups in total. The number of nitrogens with two attached hydrogens (primary N) is 1. The number of sulfonamides is 2. The van der Waals surface area contributed by atoms with Gasteiger partial charge in [-0.2, -0.15) is 16.5 Å². The topological polar surface area (TPSA) is 118 Å². The maximum Gasteiger partial charge on any atom is 0.244 e. The van der Waals surface area contributed by atoms with Crippen LogP contribution in [-0.2, 0) is 20.0 Å². The minimum absolute atomic E-state index is 0.156. The first kappa shape index (κ1) is 18.8. The third-order valence-electron chi connectivity index (χ3n) is 2.80. The van der Waals surface area contributed by atoms with Gasteiger partial charge in [-0.1, -0.05) is 29.8 Å². The van der Waals surface area contributed by atoms with Gasteiger partial charge in [-0.15, -0.1) is 0 Å².